The summed E-state index contributed by atoms with van der Waals surface area (Å²) in [5.74, 6) is 0.576. The van der Waals surface area contributed by atoms with E-state index in [1.807, 2.05) is 43.3 Å². The van der Waals surface area contributed by atoms with Gasteiger partial charge in [0.15, 0.2) is 0 Å². The van der Waals surface area contributed by atoms with Gasteiger partial charge in [0.25, 0.3) is 5.91 Å². The van der Waals surface area contributed by atoms with Crippen molar-refractivity contribution in [3.05, 3.63) is 77.2 Å². The Morgan fingerprint density at radius 2 is 1.77 bits per heavy atom. The summed E-state index contributed by atoms with van der Waals surface area (Å²) in [7, 11) is 1.57. The Labute approximate surface area is 174 Å². The minimum absolute atomic E-state index is 0.0769. The van der Waals surface area contributed by atoms with Crippen molar-refractivity contribution in [3.8, 4) is 5.88 Å². The Balaban J connectivity index is 1.64. The topological polar surface area (TPSA) is 45.7 Å². The molecular formula is C24H22FN3O2. The van der Waals surface area contributed by atoms with Crippen molar-refractivity contribution in [2.24, 2.45) is 0 Å². The van der Waals surface area contributed by atoms with Crippen LogP contribution >= 0.6 is 0 Å². The van der Waals surface area contributed by atoms with Gasteiger partial charge in [-0.2, -0.15) is 0 Å². The Hall–Kier alpha value is -3.41. The number of carbonyl (C=O) groups is 1. The van der Waals surface area contributed by atoms with Crippen molar-refractivity contribution in [1.29, 1.82) is 0 Å². The number of anilines is 3. The lowest BCUT2D eigenvalue weighted by Gasteiger charge is -2.39. The molecule has 0 atom stereocenters. The molecule has 0 unspecified atom stereocenters. The summed E-state index contributed by atoms with van der Waals surface area (Å²) >= 11 is 0. The molecule has 1 aliphatic carbocycles. The average Bonchev–Trinajstić information content (AvgIpc) is 3.60. The van der Waals surface area contributed by atoms with Crippen molar-refractivity contribution >= 4 is 23.0 Å². The van der Waals surface area contributed by atoms with Crippen LogP contribution in [0.4, 0.5) is 21.5 Å². The summed E-state index contributed by atoms with van der Waals surface area (Å²) in [6, 6.07) is 16.1. The molecule has 5 nitrogen and oxygen atoms in total. The monoisotopic (exact) mass is 403 g/mol. The van der Waals surface area contributed by atoms with Crippen LogP contribution in [0.15, 0.2) is 54.6 Å². The van der Waals surface area contributed by atoms with E-state index in [0.717, 1.165) is 35.5 Å². The third-order valence-corrected chi connectivity index (χ3v) is 5.78. The second kappa shape index (κ2) is 7.13. The minimum Gasteiger partial charge on any atom is -0.481 e. The number of rotatable bonds is 4. The molecule has 5 rings (SSSR count). The molecule has 6 heteroatoms. The van der Waals surface area contributed by atoms with E-state index < -0.39 is 0 Å². The number of fused-ring (bicyclic) bond motifs is 1. The maximum absolute atomic E-state index is 14.0. The number of para-hydroxylation sites is 1. The van der Waals surface area contributed by atoms with E-state index in [4.69, 9.17) is 4.74 Å². The molecule has 0 N–H and O–H groups in total. The summed E-state index contributed by atoms with van der Waals surface area (Å²) < 4.78 is 19.2. The first-order valence-corrected chi connectivity index (χ1v) is 10.1. The maximum atomic E-state index is 14.0. The van der Waals surface area contributed by atoms with Gasteiger partial charge in [-0.25, -0.2) is 9.37 Å². The Kier molecular flexibility index (Phi) is 4.42. The fourth-order valence-corrected chi connectivity index (χ4v) is 4.13. The van der Waals surface area contributed by atoms with E-state index >= 15 is 0 Å². The fourth-order valence-electron chi connectivity index (χ4n) is 4.13. The molecule has 30 heavy (non-hydrogen) atoms. The van der Waals surface area contributed by atoms with Crippen LogP contribution in [0, 0.1) is 12.7 Å². The summed E-state index contributed by atoms with van der Waals surface area (Å²) in [4.78, 5) is 21.6. The highest BCUT2D eigenvalue weighted by Gasteiger charge is 2.35. The number of methoxy groups -OCH3 is 1. The quantitative estimate of drug-likeness (QED) is 0.603. The van der Waals surface area contributed by atoms with Crippen LogP contribution in [0.2, 0.25) is 0 Å². The molecule has 1 aromatic heterocycles. The van der Waals surface area contributed by atoms with E-state index in [1.54, 1.807) is 24.1 Å². The number of amides is 1. The van der Waals surface area contributed by atoms with Crippen LogP contribution in [0.5, 0.6) is 5.88 Å². The summed E-state index contributed by atoms with van der Waals surface area (Å²) in [5.41, 5.74) is 4.85. The number of aryl methyl sites for hydroxylation is 1. The molecule has 0 spiro atoms. The van der Waals surface area contributed by atoms with Gasteiger partial charge in [-0.15, -0.1) is 0 Å². The minimum atomic E-state index is -0.228. The second-order valence-corrected chi connectivity index (χ2v) is 7.76. The predicted molar refractivity (Wildman–Crippen MR) is 114 cm³/mol. The fraction of sp³-hybridized carbons (Fsp3) is 0.250. The molecule has 152 valence electrons. The lowest BCUT2D eigenvalue weighted by atomic mass is 10.0. The Morgan fingerprint density at radius 3 is 2.50 bits per heavy atom. The van der Waals surface area contributed by atoms with Gasteiger partial charge in [-0.3, -0.25) is 9.69 Å². The number of nitrogens with zero attached hydrogens (tertiary/aromatic N) is 3. The largest absolute Gasteiger partial charge is 0.481 e. The highest BCUT2D eigenvalue weighted by Crippen LogP contribution is 2.47. The Morgan fingerprint density at radius 1 is 1.00 bits per heavy atom. The van der Waals surface area contributed by atoms with Gasteiger partial charge in [0, 0.05) is 11.8 Å². The van der Waals surface area contributed by atoms with E-state index in [-0.39, 0.29) is 11.7 Å². The molecule has 1 saturated carbocycles. The molecule has 2 heterocycles. The van der Waals surface area contributed by atoms with Crippen LogP contribution < -0.4 is 14.5 Å². The van der Waals surface area contributed by atoms with Crippen molar-refractivity contribution in [3.63, 3.8) is 0 Å². The molecule has 0 bridgehead atoms. The lowest BCUT2D eigenvalue weighted by molar-refractivity contribution is 0.0983. The molecule has 1 fully saturated rings. The zero-order valence-corrected chi connectivity index (χ0v) is 16.9. The third kappa shape index (κ3) is 3.09. The van der Waals surface area contributed by atoms with Gasteiger partial charge >= 0.3 is 0 Å². The van der Waals surface area contributed by atoms with E-state index in [2.05, 4.69) is 9.88 Å². The van der Waals surface area contributed by atoms with Gasteiger partial charge < -0.3 is 9.64 Å². The van der Waals surface area contributed by atoms with E-state index in [1.165, 1.54) is 6.07 Å². The molecule has 0 saturated heterocycles. The Bertz CT molecular complexity index is 1140. The molecule has 2 aliphatic rings. The van der Waals surface area contributed by atoms with Crippen molar-refractivity contribution in [2.45, 2.75) is 25.7 Å². The molecule has 0 radical (unpaired) electrons. The van der Waals surface area contributed by atoms with E-state index in [9.17, 15) is 9.18 Å². The first kappa shape index (κ1) is 18.6. The molecule has 3 aromatic rings. The number of ether oxygens (including phenoxy) is 1. The first-order chi connectivity index (χ1) is 14.6. The molecule has 2 aromatic carbocycles. The summed E-state index contributed by atoms with van der Waals surface area (Å²) in [6.07, 6.45) is 2.13. The number of aromatic nitrogens is 1. The first-order valence-electron chi connectivity index (χ1n) is 10.1. The molecular weight excluding hydrogens is 381 g/mol. The smallest absolute Gasteiger partial charge is 0.261 e. The normalized spacial score (nSPS) is 15.9. The van der Waals surface area contributed by atoms with Gasteiger partial charge in [-0.05, 0) is 67.6 Å². The van der Waals surface area contributed by atoms with Crippen molar-refractivity contribution < 1.29 is 13.9 Å². The number of halogens is 1. The maximum Gasteiger partial charge on any atom is 0.261 e. The third-order valence-electron chi connectivity index (χ3n) is 5.78. The summed E-state index contributed by atoms with van der Waals surface area (Å²) in [5, 5.41) is 0. The number of benzene rings is 2. The van der Waals surface area contributed by atoms with Gasteiger partial charge in [0.2, 0.25) is 5.88 Å². The average molecular weight is 403 g/mol. The number of carbonyl (C=O) groups excluding carboxylic acids is 1. The molecule has 1 aliphatic heterocycles. The molecule has 1 amide bonds. The number of hydrogen-bond donors (Lipinski definition) is 0. The number of pyridine rings is 1. The zero-order chi connectivity index (χ0) is 20.8. The van der Waals surface area contributed by atoms with Crippen molar-refractivity contribution in [1.82, 2.24) is 4.98 Å². The highest BCUT2D eigenvalue weighted by molar-refractivity contribution is 6.12. The van der Waals surface area contributed by atoms with E-state index in [0.29, 0.717) is 29.7 Å². The highest BCUT2D eigenvalue weighted by atomic mass is 19.1. The number of hydrogen-bond acceptors (Lipinski definition) is 4. The zero-order valence-electron chi connectivity index (χ0n) is 16.9. The summed E-state index contributed by atoms with van der Waals surface area (Å²) in [6.45, 7) is 2.19. The van der Waals surface area contributed by atoms with Crippen LogP contribution in [-0.4, -0.2) is 24.7 Å². The van der Waals surface area contributed by atoms with Crippen molar-refractivity contribution in [2.75, 3.05) is 23.6 Å². The van der Waals surface area contributed by atoms with Crippen LogP contribution in [0.3, 0.4) is 0 Å². The van der Waals surface area contributed by atoms with Gasteiger partial charge in [-0.1, -0.05) is 12.1 Å². The second-order valence-electron chi connectivity index (χ2n) is 7.76. The van der Waals surface area contributed by atoms with Crippen LogP contribution in [-0.2, 0) is 0 Å². The predicted octanol–water partition coefficient (Wildman–Crippen LogP) is 5.17. The van der Waals surface area contributed by atoms with Crippen LogP contribution in [0.1, 0.15) is 40.4 Å². The lowest BCUT2D eigenvalue weighted by Crippen LogP contribution is -2.45. The standard InChI is InChI=1S/C24H22FN3O2/c1-15-20(11-12-23(26-15)30-2)28-14-27(21-6-4-3-5-18(21)24(28)29)22-10-9-17(25)13-19(22)16-7-8-16/h3-6,9-13,16H,7-8,14H2,1-2H3. The van der Waals surface area contributed by atoms with Gasteiger partial charge in [0.05, 0.1) is 29.7 Å². The SMILES string of the molecule is COc1ccc(N2CN(c3ccc(F)cc3C3CC3)c3ccccc3C2=O)c(C)n1. The van der Waals surface area contributed by atoms with Crippen LogP contribution in [0.25, 0.3) is 0 Å². The van der Waals surface area contributed by atoms with Gasteiger partial charge in [0.1, 0.15) is 12.5 Å².